The van der Waals surface area contributed by atoms with Crippen LogP contribution in [0.25, 0.3) is 22.2 Å². The van der Waals surface area contributed by atoms with E-state index in [1.54, 1.807) is 10.4 Å². The molecule has 2 aliphatic heterocycles. The Bertz CT molecular complexity index is 1530. The van der Waals surface area contributed by atoms with Crippen LogP contribution < -0.4 is 4.90 Å². The number of fused-ring (bicyclic) bond motifs is 5. The smallest absolute Gasteiger partial charge is 0.335 e. The molecule has 1 saturated carbocycles. The van der Waals surface area contributed by atoms with Crippen molar-refractivity contribution in [3.8, 4) is 16.6 Å². The number of piperazine rings is 1. The van der Waals surface area contributed by atoms with Gasteiger partial charge in [0.05, 0.1) is 11.3 Å². The second-order valence-corrected chi connectivity index (χ2v) is 12.1. The Balaban J connectivity index is 1.35. The van der Waals surface area contributed by atoms with Crippen molar-refractivity contribution in [3.63, 3.8) is 0 Å². The Labute approximate surface area is 231 Å². The lowest BCUT2D eigenvalue weighted by Crippen LogP contribution is -2.47. The Kier molecular flexibility index (Phi) is 7.51. The number of hydrogen-bond acceptors (Lipinski definition) is 5. The van der Waals surface area contributed by atoms with Crippen molar-refractivity contribution in [1.82, 2.24) is 13.8 Å². The summed E-state index contributed by atoms with van der Waals surface area (Å²) < 4.78 is 16.0. The molecule has 0 spiro atoms. The summed E-state index contributed by atoms with van der Waals surface area (Å²) in [6.07, 6.45) is 6.14. The molecule has 2 N–H and O–H groups in total. The summed E-state index contributed by atoms with van der Waals surface area (Å²) in [6, 6.07) is 14.4. The summed E-state index contributed by atoms with van der Waals surface area (Å²) in [7, 11) is -1.55. The Morgan fingerprint density at radius 1 is 0.949 bits per heavy atom. The Morgan fingerprint density at radius 2 is 1.72 bits per heavy atom. The molecule has 2 fully saturated rings. The highest BCUT2D eigenvalue weighted by Gasteiger charge is 2.30. The zero-order valence-electron chi connectivity index (χ0n) is 22.2. The molecule has 0 bridgehead atoms. The van der Waals surface area contributed by atoms with Crippen LogP contribution in [0.5, 0.6) is 0 Å². The fourth-order valence-corrected chi connectivity index (χ4v) is 7.41. The third-order valence-electron chi connectivity index (χ3n) is 8.79. The molecule has 1 aromatic heterocycles. The lowest BCUT2D eigenvalue weighted by Gasteiger charge is -2.33. The lowest BCUT2D eigenvalue weighted by molar-refractivity contribution is 0.0697. The normalized spacial score (nSPS) is 18.8. The predicted molar refractivity (Wildman–Crippen MR) is 154 cm³/mol. The molecule has 0 amide bonds. The second kappa shape index (κ2) is 11.2. The first-order valence-corrected chi connectivity index (χ1v) is 15.2. The van der Waals surface area contributed by atoms with Crippen LogP contribution in [0.3, 0.4) is 0 Å². The summed E-state index contributed by atoms with van der Waals surface area (Å²) in [5.41, 5.74) is 6.51. The topological polar surface area (TPSA) is 89.3 Å². The minimum atomic E-state index is -1.55. The van der Waals surface area contributed by atoms with E-state index in [0.717, 1.165) is 44.8 Å². The maximum absolute atomic E-state index is 11.9. The first-order chi connectivity index (χ1) is 19.0. The zero-order valence-corrected chi connectivity index (χ0v) is 23.0. The highest BCUT2D eigenvalue weighted by molar-refractivity contribution is 7.71. The number of hydrogen-bond donors (Lipinski definition) is 2. The lowest BCUT2D eigenvalue weighted by atomic mass is 9.81. The summed E-state index contributed by atoms with van der Waals surface area (Å²) in [5, 5.41) is 21.8. The van der Waals surface area contributed by atoms with Crippen LogP contribution in [0.2, 0.25) is 0 Å². The van der Waals surface area contributed by atoms with Gasteiger partial charge in [0.2, 0.25) is 0 Å². The average molecular weight is 549 g/mol. The van der Waals surface area contributed by atoms with Crippen molar-refractivity contribution in [3.05, 3.63) is 53.6 Å². The second-order valence-electron chi connectivity index (χ2n) is 10.9. The molecule has 6 rings (SSSR count). The first-order valence-electron chi connectivity index (χ1n) is 14.1. The predicted octanol–water partition coefficient (Wildman–Crippen LogP) is 4.44. The van der Waals surface area contributed by atoms with Gasteiger partial charge in [-0.15, -0.1) is 0 Å². The molecule has 8 nitrogen and oxygen atoms in total. The van der Waals surface area contributed by atoms with Gasteiger partial charge in [-0.3, -0.25) is 4.90 Å². The first kappa shape index (κ1) is 26.2. The molecule has 0 radical (unpaired) electrons. The van der Waals surface area contributed by atoms with Gasteiger partial charge in [0.25, 0.3) is 0 Å². The molecule has 9 heteroatoms. The highest BCUT2D eigenvalue weighted by atomic mass is 32.2. The van der Waals surface area contributed by atoms with E-state index in [2.05, 4.69) is 38.6 Å². The molecule has 1 saturated heterocycles. The number of carboxylic acids is 1. The molecule has 0 unspecified atom stereocenters. The third kappa shape index (κ3) is 5.01. The molecule has 3 heterocycles. The quantitative estimate of drug-likeness (QED) is 0.490. The molecule has 3 aliphatic rings. The van der Waals surface area contributed by atoms with E-state index in [0.29, 0.717) is 24.6 Å². The number of carbonyl (C=O) groups is 1. The van der Waals surface area contributed by atoms with E-state index < -0.39 is 16.4 Å². The van der Waals surface area contributed by atoms with Crippen LogP contribution in [-0.4, -0.2) is 80.0 Å². The van der Waals surface area contributed by atoms with Crippen molar-refractivity contribution < 1.29 is 19.2 Å². The van der Waals surface area contributed by atoms with Gasteiger partial charge in [0, 0.05) is 74.5 Å². The SMILES string of the molecule is O=C(O)c1ccc2c(C3CCCCC3)c3n(c2c1)CCN(CCN1CCN(S(=O)#CO)CC1)c1ccccc1-3. The van der Waals surface area contributed by atoms with Crippen molar-refractivity contribution >= 4 is 33.0 Å². The van der Waals surface area contributed by atoms with Gasteiger partial charge in [0.15, 0.2) is 0 Å². The van der Waals surface area contributed by atoms with Crippen LogP contribution in [-0.2, 0) is 16.9 Å². The van der Waals surface area contributed by atoms with E-state index in [1.165, 1.54) is 60.0 Å². The molecule has 206 valence electrons. The van der Waals surface area contributed by atoms with Crippen LogP contribution >= 0.6 is 0 Å². The molecule has 0 atom stereocenters. The summed E-state index contributed by atoms with van der Waals surface area (Å²) in [6.45, 7) is 6.30. The number of nitrogens with zero attached hydrogens (tertiary/aromatic N) is 4. The minimum absolute atomic E-state index is 0.337. The van der Waals surface area contributed by atoms with E-state index in [-0.39, 0.29) is 0 Å². The summed E-state index contributed by atoms with van der Waals surface area (Å²) in [4.78, 5) is 16.8. The van der Waals surface area contributed by atoms with Gasteiger partial charge in [-0.2, -0.15) is 4.31 Å². The Hall–Kier alpha value is -3.07. The molecule has 2 aromatic carbocycles. The molecule has 39 heavy (non-hydrogen) atoms. The van der Waals surface area contributed by atoms with Crippen LogP contribution in [0.4, 0.5) is 5.69 Å². The van der Waals surface area contributed by atoms with E-state index in [1.807, 2.05) is 17.5 Å². The molecule has 3 aromatic rings. The molecule has 1 aliphatic carbocycles. The number of rotatable bonds is 5. The number of benzene rings is 2. The summed E-state index contributed by atoms with van der Waals surface area (Å²) >= 11 is 0. The highest BCUT2D eigenvalue weighted by Crippen LogP contribution is 2.47. The number of para-hydroxylation sites is 1. The zero-order chi connectivity index (χ0) is 26.9. The maximum Gasteiger partial charge on any atom is 0.335 e. The van der Waals surface area contributed by atoms with Gasteiger partial charge in [-0.25, -0.2) is 9.00 Å². The van der Waals surface area contributed by atoms with E-state index in [4.69, 9.17) is 5.11 Å². The van der Waals surface area contributed by atoms with E-state index >= 15 is 0 Å². The monoisotopic (exact) mass is 548 g/mol. The number of aliphatic hydroxyl groups is 1. The van der Waals surface area contributed by atoms with Crippen molar-refractivity contribution in [2.24, 2.45) is 0 Å². The van der Waals surface area contributed by atoms with Gasteiger partial charge >= 0.3 is 5.97 Å². The van der Waals surface area contributed by atoms with Gasteiger partial charge in [0.1, 0.15) is 15.8 Å². The Morgan fingerprint density at radius 3 is 2.46 bits per heavy atom. The average Bonchev–Trinajstić information content (AvgIpc) is 3.21. The standard InChI is InChI=1S/C30H36N4O4S/c35-21-39(38)33-17-13-31(14-18-33)12-15-32-16-19-34-27-20-23(30(36)37)10-11-24(27)28(22-6-2-1-3-7-22)29(34)25-8-4-5-9-26(25)32/h4-5,8-11,20,22,35H,1-3,6-7,12-19H2,(H,36,37). The van der Waals surface area contributed by atoms with Gasteiger partial charge in [-0.1, -0.05) is 43.5 Å². The van der Waals surface area contributed by atoms with Crippen LogP contribution in [0.15, 0.2) is 42.5 Å². The summed E-state index contributed by atoms with van der Waals surface area (Å²) in [5.74, 6) is -0.399. The van der Waals surface area contributed by atoms with Gasteiger partial charge < -0.3 is 19.7 Å². The third-order valence-corrected chi connectivity index (χ3v) is 9.78. The van der Waals surface area contributed by atoms with Crippen molar-refractivity contribution in [1.29, 1.82) is 0 Å². The number of aromatic nitrogens is 1. The van der Waals surface area contributed by atoms with Crippen LogP contribution in [0.1, 0.15) is 53.9 Å². The van der Waals surface area contributed by atoms with Gasteiger partial charge in [-0.05, 0) is 42.5 Å². The number of carboxylic acid groups (broad SMARTS) is 1. The minimum Gasteiger partial charge on any atom is -0.478 e. The number of aromatic carboxylic acids is 1. The largest absolute Gasteiger partial charge is 0.478 e. The van der Waals surface area contributed by atoms with E-state index in [9.17, 15) is 14.1 Å². The number of anilines is 1. The molecular formula is C30H36N4O4S. The molecular weight excluding hydrogens is 512 g/mol. The van der Waals surface area contributed by atoms with Crippen molar-refractivity contribution in [2.45, 2.75) is 44.6 Å². The fourth-order valence-electron chi connectivity index (χ4n) is 6.80. The maximum atomic E-state index is 11.9. The number of aliphatic hydroxyl groups excluding tert-OH is 1. The van der Waals surface area contributed by atoms with Crippen LogP contribution in [0, 0.1) is 5.37 Å². The van der Waals surface area contributed by atoms with Crippen molar-refractivity contribution in [2.75, 3.05) is 50.7 Å². The fraction of sp³-hybridized carbons (Fsp3) is 0.467.